The first kappa shape index (κ1) is 14.0. The quantitative estimate of drug-likeness (QED) is 0.897. The number of aliphatic hydroxyl groups excluding tert-OH is 1. The zero-order valence-electron chi connectivity index (χ0n) is 12.3. The van der Waals surface area contributed by atoms with Crippen LogP contribution in [-0.2, 0) is 4.74 Å². The largest absolute Gasteiger partial charge is 0.388 e. The van der Waals surface area contributed by atoms with Crippen LogP contribution in [0.4, 0.5) is 0 Å². The molecule has 1 aromatic heterocycles. The molecule has 1 N–H and O–H groups in total. The minimum absolute atomic E-state index is 0.0558. The van der Waals surface area contributed by atoms with E-state index in [4.69, 9.17) is 4.74 Å². The molecule has 0 amide bonds. The van der Waals surface area contributed by atoms with Crippen molar-refractivity contribution in [3.63, 3.8) is 0 Å². The Balaban J connectivity index is 1.71. The van der Waals surface area contributed by atoms with E-state index in [-0.39, 0.29) is 5.60 Å². The van der Waals surface area contributed by atoms with Crippen molar-refractivity contribution < 1.29 is 9.84 Å². The molecule has 20 heavy (non-hydrogen) atoms. The van der Waals surface area contributed by atoms with Crippen molar-refractivity contribution in [2.75, 3.05) is 6.61 Å². The molecule has 1 aliphatic heterocycles. The molecule has 3 nitrogen and oxygen atoms in total. The SMILES string of the molecule is Cc1ccc(C(O)C2CCOC3(CCCCC3)C2)cn1. The van der Waals surface area contributed by atoms with Crippen LogP contribution in [0.2, 0.25) is 0 Å². The fourth-order valence-electron chi connectivity index (χ4n) is 3.81. The van der Waals surface area contributed by atoms with Gasteiger partial charge in [-0.25, -0.2) is 0 Å². The van der Waals surface area contributed by atoms with Gasteiger partial charge in [-0.15, -0.1) is 0 Å². The highest BCUT2D eigenvalue weighted by molar-refractivity contribution is 5.17. The summed E-state index contributed by atoms with van der Waals surface area (Å²) in [4.78, 5) is 4.31. The highest BCUT2D eigenvalue weighted by Gasteiger charge is 2.40. The van der Waals surface area contributed by atoms with Crippen LogP contribution in [-0.4, -0.2) is 22.3 Å². The van der Waals surface area contributed by atoms with Gasteiger partial charge in [-0.2, -0.15) is 0 Å². The fourth-order valence-corrected chi connectivity index (χ4v) is 3.81. The number of aliphatic hydroxyl groups is 1. The first-order valence-corrected chi connectivity index (χ1v) is 7.93. The van der Waals surface area contributed by atoms with Crippen LogP contribution in [0.5, 0.6) is 0 Å². The first-order valence-electron chi connectivity index (χ1n) is 7.93. The van der Waals surface area contributed by atoms with Crippen LogP contribution in [0.15, 0.2) is 18.3 Å². The highest BCUT2D eigenvalue weighted by Crippen LogP contribution is 2.44. The van der Waals surface area contributed by atoms with E-state index in [0.29, 0.717) is 5.92 Å². The summed E-state index contributed by atoms with van der Waals surface area (Å²) in [5.41, 5.74) is 2.01. The minimum atomic E-state index is -0.397. The summed E-state index contributed by atoms with van der Waals surface area (Å²) in [5, 5.41) is 10.7. The van der Waals surface area contributed by atoms with E-state index in [9.17, 15) is 5.11 Å². The molecule has 2 fully saturated rings. The Bertz CT molecular complexity index is 431. The van der Waals surface area contributed by atoms with Crippen molar-refractivity contribution in [1.29, 1.82) is 0 Å². The molecular weight excluding hydrogens is 250 g/mol. The number of pyridine rings is 1. The molecule has 1 aliphatic carbocycles. The summed E-state index contributed by atoms with van der Waals surface area (Å²) >= 11 is 0. The predicted octanol–water partition coefficient (Wildman–Crippen LogP) is 3.55. The smallest absolute Gasteiger partial charge is 0.0834 e. The van der Waals surface area contributed by atoms with Crippen molar-refractivity contribution in [1.82, 2.24) is 4.98 Å². The lowest BCUT2D eigenvalue weighted by Crippen LogP contribution is -2.42. The average Bonchev–Trinajstić information content (AvgIpc) is 2.48. The maximum Gasteiger partial charge on any atom is 0.0834 e. The molecule has 3 heteroatoms. The summed E-state index contributed by atoms with van der Waals surface area (Å²) in [6.45, 7) is 2.77. The number of aromatic nitrogens is 1. The number of hydrogen-bond acceptors (Lipinski definition) is 3. The predicted molar refractivity (Wildman–Crippen MR) is 78.4 cm³/mol. The van der Waals surface area contributed by atoms with Gasteiger partial charge in [0.2, 0.25) is 0 Å². The van der Waals surface area contributed by atoms with Gasteiger partial charge in [0.05, 0.1) is 11.7 Å². The van der Waals surface area contributed by atoms with Gasteiger partial charge in [-0.1, -0.05) is 25.3 Å². The number of ether oxygens (including phenoxy) is 1. The van der Waals surface area contributed by atoms with E-state index >= 15 is 0 Å². The van der Waals surface area contributed by atoms with Gasteiger partial charge in [0, 0.05) is 18.5 Å². The maximum absolute atomic E-state index is 10.7. The Morgan fingerprint density at radius 3 is 2.80 bits per heavy atom. The Labute approximate surface area is 121 Å². The highest BCUT2D eigenvalue weighted by atomic mass is 16.5. The first-order chi connectivity index (χ1) is 9.69. The number of aryl methyl sites for hydroxylation is 1. The van der Waals surface area contributed by atoms with E-state index in [0.717, 1.165) is 30.7 Å². The molecule has 2 aliphatic rings. The van der Waals surface area contributed by atoms with Crippen molar-refractivity contribution in [3.05, 3.63) is 29.6 Å². The van der Waals surface area contributed by atoms with Gasteiger partial charge in [-0.3, -0.25) is 4.98 Å². The lowest BCUT2D eigenvalue weighted by molar-refractivity contribution is -0.134. The van der Waals surface area contributed by atoms with Crippen LogP contribution in [0.25, 0.3) is 0 Å². The monoisotopic (exact) mass is 275 g/mol. The van der Waals surface area contributed by atoms with E-state index in [1.165, 1.54) is 32.1 Å². The molecule has 1 saturated carbocycles. The average molecular weight is 275 g/mol. The maximum atomic E-state index is 10.7. The van der Waals surface area contributed by atoms with E-state index < -0.39 is 6.10 Å². The summed E-state index contributed by atoms with van der Waals surface area (Å²) in [6.07, 6.45) is 9.60. The Morgan fingerprint density at radius 2 is 2.10 bits per heavy atom. The molecule has 2 atom stereocenters. The molecule has 110 valence electrons. The lowest BCUT2D eigenvalue weighted by atomic mass is 9.74. The van der Waals surface area contributed by atoms with E-state index in [2.05, 4.69) is 4.98 Å². The molecule has 2 heterocycles. The third kappa shape index (κ3) is 2.89. The van der Waals surface area contributed by atoms with Crippen LogP contribution in [0, 0.1) is 12.8 Å². The summed E-state index contributed by atoms with van der Waals surface area (Å²) in [5.74, 6) is 0.311. The zero-order chi connectivity index (χ0) is 14.0. The standard InChI is InChI=1S/C17H25NO2/c1-13-5-6-15(12-18-13)16(19)14-7-10-20-17(11-14)8-3-2-4-9-17/h5-6,12,14,16,19H,2-4,7-11H2,1H3. The summed E-state index contributed by atoms with van der Waals surface area (Å²) in [6, 6.07) is 3.99. The molecule has 0 aromatic carbocycles. The van der Waals surface area contributed by atoms with Gasteiger partial charge < -0.3 is 9.84 Å². The molecule has 1 aromatic rings. The van der Waals surface area contributed by atoms with Crippen molar-refractivity contribution in [2.24, 2.45) is 5.92 Å². The number of rotatable bonds is 2. The molecule has 0 radical (unpaired) electrons. The topological polar surface area (TPSA) is 42.4 Å². The van der Waals surface area contributed by atoms with Gasteiger partial charge >= 0.3 is 0 Å². The summed E-state index contributed by atoms with van der Waals surface area (Å²) in [7, 11) is 0. The molecule has 3 rings (SSSR count). The normalized spacial score (nSPS) is 27.4. The van der Waals surface area contributed by atoms with Gasteiger partial charge in [0.15, 0.2) is 0 Å². The van der Waals surface area contributed by atoms with E-state index in [1.807, 2.05) is 25.3 Å². The Hall–Kier alpha value is -0.930. The second-order valence-corrected chi connectivity index (χ2v) is 6.52. The molecule has 0 bridgehead atoms. The number of hydrogen-bond donors (Lipinski definition) is 1. The second-order valence-electron chi connectivity index (χ2n) is 6.52. The van der Waals surface area contributed by atoms with Crippen molar-refractivity contribution in [3.8, 4) is 0 Å². The van der Waals surface area contributed by atoms with Crippen LogP contribution >= 0.6 is 0 Å². The van der Waals surface area contributed by atoms with Crippen molar-refractivity contribution in [2.45, 2.75) is 63.6 Å². The van der Waals surface area contributed by atoms with E-state index in [1.54, 1.807) is 0 Å². The third-order valence-corrected chi connectivity index (χ3v) is 5.02. The Kier molecular flexibility index (Phi) is 4.08. The number of nitrogens with zero attached hydrogens (tertiary/aromatic N) is 1. The van der Waals surface area contributed by atoms with Gasteiger partial charge in [-0.05, 0) is 50.2 Å². The van der Waals surface area contributed by atoms with Gasteiger partial charge in [0.25, 0.3) is 0 Å². The zero-order valence-corrected chi connectivity index (χ0v) is 12.3. The van der Waals surface area contributed by atoms with Crippen LogP contribution in [0.3, 0.4) is 0 Å². The molecule has 1 spiro atoms. The molecule has 2 unspecified atom stereocenters. The minimum Gasteiger partial charge on any atom is -0.388 e. The fraction of sp³-hybridized carbons (Fsp3) is 0.706. The molecule has 1 saturated heterocycles. The van der Waals surface area contributed by atoms with Crippen LogP contribution < -0.4 is 0 Å². The second kappa shape index (κ2) is 5.82. The third-order valence-electron chi connectivity index (χ3n) is 5.02. The molecular formula is C17H25NO2. The summed E-state index contributed by atoms with van der Waals surface area (Å²) < 4.78 is 6.12. The lowest BCUT2D eigenvalue weighted by Gasteiger charge is -2.44. The van der Waals surface area contributed by atoms with Crippen molar-refractivity contribution >= 4 is 0 Å². The van der Waals surface area contributed by atoms with Crippen LogP contribution in [0.1, 0.15) is 62.3 Å². The van der Waals surface area contributed by atoms with Gasteiger partial charge in [0.1, 0.15) is 0 Å². The Morgan fingerprint density at radius 1 is 1.30 bits per heavy atom.